The zero-order chi connectivity index (χ0) is 18.0. The number of benzene rings is 1. The molecule has 1 amide bonds. The maximum atomic E-state index is 13.2. The molecule has 0 saturated carbocycles. The molecule has 0 fully saturated rings. The number of halogens is 1. The highest BCUT2D eigenvalue weighted by Gasteiger charge is 2.55. The minimum atomic E-state index is -1.40. The van der Waals surface area contributed by atoms with Crippen molar-refractivity contribution in [3.8, 4) is 0 Å². The largest absolute Gasteiger partial charge is 0.496 e. The van der Waals surface area contributed by atoms with Crippen molar-refractivity contribution >= 4 is 33.3 Å². The summed E-state index contributed by atoms with van der Waals surface area (Å²) in [7, 11) is 1.53. The van der Waals surface area contributed by atoms with Gasteiger partial charge in [0.05, 0.1) is 7.11 Å². The third-order valence-electron chi connectivity index (χ3n) is 4.43. The summed E-state index contributed by atoms with van der Waals surface area (Å²) in [6.07, 6.45) is 9.28. The van der Waals surface area contributed by atoms with Gasteiger partial charge < -0.3 is 10.1 Å². The van der Waals surface area contributed by atoms with Gasteiger partial charge in [-0.1, -0.05) is 53.2 Å². The number of fused-ring (bicyclic) bond motifs is 1. The summed E-state index contributed by atoms with van der Waals surface area (Å²) in [6, 6.07) is 7.24. The van der Waals surface area contributed by atoms with Crippen LogP contribution in [-0.2, 0) is 14.3 Å². The molecule has 1 aromatic rings. The van der Waals surface area contributed by atoms with Gasteiger partial charge in [-0.3, -0.25) is 9.59 Å². The summed E-state index contributed by atoms with van der Waals surface area (Å²) in [4.78, 5) is 26.4. The Morgan fingerprint density at radius 3 is 2.56 bits per heavy atom. The number of nitrogens with one attached hydrogen (secondary N) is 1. The molecule has 1 aromatic carbocycles. The Balaban J connectivity index is 2.06. The summed E-state index contributed by atoms with van der Waals surface area (Å²) in [5, 5.41) is 2.87. The Bertz CT molecular complexity index is 846. The summed E-state index contributed by atoms with van der Waals surface area (Å²) in [5.41, 5.74) is 0.355. The van der Waals surface area contributed by atoms with Crippen LogP contribution in [0.3, 0.4) is 0 Å². The van der Waals surface area contributed by atoms with Crippen LogP contribution in [0, 0.1) is 5.41 Å². The molecule has 25 heavy (non-hydrogen) atoms. The molecule has 1 unspecified atom stereocenters. The van der Waals surface area contributed by atoms with Gasteiger partial charge in [0.15, 0.2) is 11.2 Å². The number of rotatable bonds is 4. The topological polar surface area (TPSA) is 55.4 Å². The fraction of sp³-hybridized carbons (Fsp3) is 0.200. The molecule has 0 aliphatic heterocycles. The number of carbonyl (C=O) groups excluding carboxylic acids is 2. The lowest BCUT2D eigenvalue weighted by Gasteiger charge is -2.25. The summed E-state index contributed by atoms with van der Waals surface area (Å²) < 4.78 is 6.40. The maximum absolute atomic E-state index is 13.2. The lowest BCUT2D eigenvalue weighted by molar-refractivity contribution is -0.130. The van der Waals surface area contributed by atoms with Crippen LogP contribution in [0.1, 0.15) is 13.3 Å². The first-order valence-corrected chi connectivity index (χ1v) is 8.80. The van der Waals surface area contributed by atoms with E-state index in [9.17, 15) is 9.59 Å². The van der Waals surface area contributed by atoms with Crippen LogP contribution < -0.4 is 5.32 Å². The van der Waals surface area contributed by atoms with Crippen LogP contribution in [0.25, 0.3) is 0 Å². The highest BCUT2D eigenvalue weighted by atomic mass is 79.9. The molecule has 1 atom stereocenters. The van der Waals surface area contributed by atoms with E-state index in [4.69, 9.17) is 4.74 Å². The molecule has 4 nitrogen and oxygen atoms in total. The monoisotopic (exact) mass is 399 g/mol. The molecule has 0 heterocycles. The SMILES string of the molecule is CCC1=C(OC)C2=CC=CC=CC2(C(=O)Nc2ccc(Br)cc2)C1=O. The number of allylic oxidation sites excluding steroid dienone is 6. The molecule has 2 aliphatic rings. The summed E-state index contributed by atoms with van der Waals surface area (Å²) in [5.74, 6) is -0.119. The van der Waals surface area contributed by atoms with Crippen molar-refractivity contribution in [3.05, 3.63) is 76.0 Å². The number of methoxy groups -OCH3 is 1. The van der Waals surface area contributed by atoms with E-state index >= 15 is 0 Å². The Hall–Kier alpha value is -2.40. The van der Waals surface area contributed by atoms with Crippen molar-refractivity contribution < 1.29 is 14.3 Å². The standard InChI is InChI=1S/C20H18BrNO3/c1-3-15-17(25-2)16-7-5-4-6-12-20(16,18(15)23)19(24)22-14-10-8-13(21)9-11-14/h4-12H,3H2,1-2H3,(H,22,24). The highest BCUT2D eigenvalue weighted by Crippen LogP contribution is 2.47. The van der Waals surface area contributed by atoms with E-state index in [1.807, 2.05) is 25.1 Å². The van der Waals surface area contributed by atoms with Gasteiger partial charge >= 0.3 is 0 Å². The van der Waals surface area contributed by atoms with Gasteiger partial charge in [-0.05, 0) is 30.7 Å². The Morgan fingerprint density at radius 1 is 1.20 bits per heavy atom. The average Bonchev–Trinajstić information content (AvgIpc) is 2.75. The van der Waals surface area contributed by atoms with Crippen molar-refractivity contribution in [2.24, 2.45) is 5.41 Å². The predicted octanol–water partition coefficient (Wildman–Crippen LogP) is 4.32. The van der Waals surface area contributed by atoms with Gasteiger partial charge in [-0.2, -0.15) is 0 Å². The minimum Gasteiger partial charge on any atom is -0.496 e. The second-order valence-corrected chi connectivity index (χ2v) is 6.70. The quantitative estimate of drug-likeness (QED) is 0.766. The lowest BCUT2D eigenvalue weighted by atomic mass is 9.78. The third kappa shape index (κ3) is 2.78. The van der Waals surface area contributed by atoms with Crippen molar-refractivity contribution in [3.63, 3.8) is 0 Å². The van der Waals surface area contributed by atoms with E-state index < -0.39 is 5.41 Å². The van der Waals surface area contributed by atoms with E-state index in [0.29, 0.717) is 29.0 Å². The molecular weight excluding hydrogens is 382 g/mol. The van der Waals surface area contributed by atoms with Crippen molar-refractivity contribution in [1.29, 1.82) is 0 Å². The van der Waals surface area contributed by atoms with Crippen molar-refractivity contribution in [2.45, 2.75) is 13.3 Å². The highest BCUT2D eigenvalue weighted by molar-refractivity contribution is 9.10. The zero-order valence-electron chi connectivity index (χ0n) is 14.0. The number of carbonyl (C=O) groups is 2. The fourth-order valence-electron chi connectivity index (χ4n) is 3.21. The number of anilines is 1. The minimum absolute atomic E-state index is 0.229. The van der Waals surface area contributed by atoms with Crippen LogP contribution in [0.15, 0.2) is 76.0 Å². The van der Waals surface area contributed by atoms with E-state index in [-0.39, 0.29) is 11.7 Å². The molecule has 128 valence electrons. The van der Waals surface area contributed by atoms with Gasteiger partial charge in [0.25, 0.3) is 0 Å². The van der Waals surface area contributed by atoms with Crippen LogP contribution in [-0.4, -0.2) is 18.8 Å². The van der Waals surface area contributed by atoms with Gasteiger partial charge in [0.2, 0.25) is 5.91 Å². The molecule has 5 heteroatoms. The normalized spacial score (nSPS) is 21.7. The average molecular weight is 400 g/mol. The first-order valence-electron chi connectivity index (χ1n) is 8.00. The van der Waals surface area contributed by atoms with E-state index in [1.165, 1.54) is 7.11 Å². The number of hydrogen-bond donors (Lipinski definition) is 1. The molecule has 0 spiro atoms. The third-order valence-corrected chi connectivity index (χ3v) is 4.95. The first kappa shape index (κ1) is 17.4. The molecule has 3 rings (SSSR count). The molecule has 0 aromatic heterocycles. The number of Topliss-reactive ketones (excluding diaryl/α,β-unsaturated/α-hetero) is 1. The van der Waals surface area contributed by atoms with E-state index in [1.54, 1.807) is 36.4 Å². The number of ether oxygens (including phenoxy) is 1. The number of hydrogen-bond acceptors (Lipinski definition) is 3. The summed E-state index contributed by atoms with van der Waals surface area (Å²) in [6.45, 7) is 1.89. The van der Waals surface area contributed by atoms with E-state index in [0.717, 1.165) is 4.47 Å². The summed E-state index contributed by atoms with van der Waals surface area (Å²) >= 11 is 3.37. The molecule has 0 saturated heterocycles. The number of amides is 1. The van der Waals surface area contributed by atoms with E-state index in [2.05, 4.69) is 21.2 Å². The number of ketones is 1. The van der Waals surface area contributed by atoms with Gasteiger partial charge in [0, 0.05) is 21.3 Å². The smallest absolute Gasteiger partial charge is 0.247 e. The maximum Gasteiger partial charge on any atom is 0.247 e. The van der Waals surface area contributed by atoms with Crippen molar-refractivity contribution in [1.82, 2.24) is 0 Å². The second kappa shape index (κ2) is 6.84. The lowest BCUT2D eigenvalue weighted by Crippen LogP contribution is -2.40. The van der Waals surface area contributed by atoms with Gasteiger partial charge in [-0.15, -0.1) is 0 Å². The zero-order valence-corrected chi connectivity index (χ0v) is 15.6. The van der Waals surface area contributed by atoms with Gasteiger partial charge in [-0.25, -0.2) is 0 Å². The fourth-order valence-corrected chi connectivity index (χ4v) is 3.48. The van der Waals surface area contributed by atoms with Crippen LogP contribution in [0.5, 0.6) is 0 Å². The Labute approximate surface area is 155 Å². The van der Waals surface area contributed by atoms with Crippen LogP contribution >= 0.6 is 15.9 Å². The second-order valence-electron chi connectivity index (χ2n) is 5.79. The molecule has 2 aliphatic carbocycles. The molecule has 0 radical (unpaired) electrons. The Morgan fingerprint density at radius 2 is 1.92 bits per heavy atom. The van der Waals surface area contributed by atoms with Crippen LogP contribution in [0.2, 0.25) is 0 Å². The van der Waals surface area contributed by atoms with Crippen LogP contribution in [0.4, 0.5) is 5.69 Å². The molecule has 1 N–H and O–H groups in total. The van der Waals surface area contributed by atoms with Crippen molar-refractivity contribution in [2.75, 3.05) is 12.4 Å². The molecule has 0 bridgehead atoms. The predicted molar refractivity (Wildman–Crippen MR) is 101 cm³/mol. The molecular formula is C20H18BrNO3. The van der Waals surface area contributed by atoms with Gasteiger partial charge in [0.1, 0.15) is 5.76 Å². The first-order chi connectivity index (χ1) is 12.0. The Kier molecular flexibility index (Phi) is 4.77.